The van der Waals surface area contributed by atoms with Gasteiger partial charge in [-0.1, -0.05) is 30.3 Å². The first-order valence-corrected chi connectivity index (χ1v) is 9.06. The summed E-state index contributed by atoms with van der Waals surface area (Å²) in [6.07, 6.45) is 4.82. The van der Waals surface area contributed by atoms with E-state index < -0.39 is 0 Å². The van der Waals surface area contributed by atoms with Crippen molar-refractivity contribution in [3.8, 4) is 0 Å². The van der Waals surface area contributed by atoms with Gasteiger partial charge in [0.05, 0.1) is 19.9 Å². The number of urea groups is 1. The normalized spacial score (nSPS) is 14.6. The molecular formula is C19H25N5O3. The van der Waals surface area contributed by atoms with Crippen LogP contribution in [0.2, 0.25) is 0 Å². The summed E-state index contributed by atoms with van der Waals surface area (Å²) < 4.78 is 6.57. The molecule has 0 unspecified atom stereocenters. The van der Waals surface area contributed by atoms with E-state index in [1.54, 1.807) is 11.1 Å². The van der Waals surface area contributed by atoms with Crippen LogP contribution < -0.4 is 10.6 Å². The van der Waals surface area contributed by atoms with Gasteiger partial charge in [-0.2, -0.15) is 5.10 Å². The summed E-state index contributed by atoms with van der Waals surface area (Å²) in [7, 11) is 1.38. The number of methoxy groups -OCH3 is 1. The van der Waals surface area contributed by atoms with Gasteiger partial charge in [0.2, 0.25) is 0 Å². The Hall–Kier alpha value is -3.03. The number of aromatic nitrogens is 2. The van der Waals surface area contributed by atoms with Crippen molar-refractivity contribution in [1.29, 1.82) is 0 Å². The molecule has 0 radical (unpaired) electrons. The highest BCUT2D eigenvalue weighted by Crippen LogP contribution is 2.11. The lowest BCUT2D eigenvalue weighted by Crippen LogP contribution is -2.48. The lowest BCUT2D eigenvalue weighted by Gasteiger charge is -2.31. The van der Waals surface area contributed by atoms with E-state index in [0.717, 1.165) is 18.4 Å². The minimum absolute atomic E-state index is 0.0618. The van der Waals surface area contributed by atoms with E-state index in [2.05, 4.69) is 27.9 Å². The Balaban J connectivity index is 1.39. The van der Waals surface area contributed by atoms with Crippen molar-refractivity contribution in [2.75, 3.05) is 20.2 Å². The Morgan fingerprint density at radius 1 is 1.19 bits per heavy atom. The number of benzene rings is 1. The zero-order valence-electron chi connectivity index (χ0n) is 15.4. The molecule has 1 fully saturated rings. The summed E-state index contributed by atoms with van der Waals surface area (Å²) in [6.45, 7) is 2.29. The number of piperidine rings is 1. The van der Waals surface area contributed by atoms with E-state index in [0.29, 0.717) is 26.2 Å². The Morgan fingerprint density at radius 3 is 2.63 bits per heavy atom. The SMILES string of the molecule is COC(=O)N1CCC(NC(=O)NCc2cnn(Cc3ccccc3)c2)CC1. The maximum Gasteiger partial charge on any atom is 0.409 e. The average Bonchev–Trinajstić information content (AvgIpc) is 3.14. The van der Waals surface area contributed by atoms with Gasteiger partial charge in [-0.15, -0.1) is 0 Å². The number of hydrogen-bond acceptors (Lipinski definition) is 4. The van der Waals surface area contributed by atoms with Crippen LogP contribution in [0.4, 0.5) is 9.59 Å². The van der Waals surface area contributed by atoms with Gasteiger partial charge in [0.15, 0.2) is 0 Å². The molecule has 0 bridgehead atoms. The number of amides is 3. The summed E-state index contributed by atoms with van der Waals surface area (Å²) in [4.78, 5) is 25.2. The number of rotatable bonds is 5. The molecule has 0 spiro atoms. The smallest absolute Gasteiger partial charge is 0.409 e. The maximum absolute atomic E-state index is 12.1. The molecule has 2 aromatic rings. The second kappa shape index (κ2) is 9.07. The van der Waals surface area contributed by atoms with Crippen LogP contribution in [0.15, 0.2) is 42.7 Å². The fraction of sp³-hybridized carbons (Fsp3) is 0.421. The first kappa shape index (κ1) is 18.8. The van der Waals surface area contributed by atoms with Crippen molar-refractivity contribution in [2.45, 2.75) is 32.0 Å². The van der Waals surface area contributed by atoms with Gasteiger partial charge >= 0.3 is 12.1 Å². The van der Waals surface area contributed by atoms with Crippen molar-refractivity contribution < 1.29 is 14.3 Å². The summed E-state index contributed by atoms with van der Waals surface area (Å²) in [5.74, 6) is 0. The van der Waals surface area contributed by atoms with Gasteiger partial charge < -0.3 is 20.3 Å². The van der Waals surface area contributed by atoms with Crippen LogP contribution in [0, 0.1) is 0 Å². The quantitative estimate of drug-likeness (QED) is 0.841. The van der Waals surface area contributed by atoms with Crippen LogP contribution in [0.5, 0.6) is 0 Å². The molecule has 0 atom stereocenters. The van der Waals surface area contributed by atoms with Gasteiger partial charge in [-0.05, 0) is 18.4 Å². The molecule has 1 aromatic carbocycles. The van der Waals surface area contributed by atoms with E-state index >= 15 is 0 Å². The standard InChI is InChI=1S/C19H25N5O3/c1-27-19(26)23-9-7-17(8-10-23)22-18(25)20-11-16-12-21-24(14-16)13-15-5-3-2-4-6-15/h2-6,12,14,17H,7-11,13H2,1H3,(H2,20,22,25). The van der Waals surface area contributed by atoms with Crippen LogP contribution in [0.1, 0.15) is 24.0 Å². The summed E-state index contributed by atoms with van der Waals surface area (Å²) in [5.41, 5.74) is 2.12. The molecule has 1 saturated heterocycles. The topological polar surface area (TPSA) is 88.5 Å². The molecule has 1 aliphatic heterocycles. The monoisotopic (exact) mass is 371 g/mol. The van der Waals surface area contributed by atoms with E-state index in [9.17, 15) is 9.59 Å². The van der Waals surface area contributed by atoms with E-state index in [-0.39, 0.29) is 18.2 Å². The molecule has 144 valence electrons. The van der Waals surface area contributed by atoms with E-state index in [4.69, 9.17) is 4.74 Å². The van der Waals surface area contributed by atoms with Gasteiger partial charge in [0.25, 0.3) is 0 Å². The van der Waals surface area contributed by atoms with Crippen molar-refractivity contribution >= 4 is 12.1 Å². The molecule has 2 N–H and O–H groups in total. The first-order valence-electron chi connectivity index (χ1n) is 9.06. The molecule has 0 saturated carbocycles. The second-order valence-electron chi connectivity index (χ2n) is 6.59. The highest BCUT2D eigenvalue weighted by atomic mass is 16.5. The van der Waals surface area contributed by atoms with Gasteiger partial charge in [-0.25, -0.2) is 9.59 Å². The lowest BCUT2D eigenvalue weighted by molar-refractivity contribution is 0.110. The Bertz CT molecular complexity index is 754. The van der Waals surface area contributed by atoms with Crippen molar-refractivity contribution in [3.63, 3.8) is 0 Å². The molecule has 8 heteroatoms. The number of nitrogens with one attached hydrogen (secondary N) is 2. The third-order valence-electron chi connectivity index (χ3n) is 4.59. The zero-order chi connectivity index (χ0) is 19.1. The average molecular weight is 371 g/mol. The molecule has 1 aromatic heterocycles. The molecule has 27 heavy (non-hydrogen) atoms. The Labute approximate surface area is 158 Å². The zero-order valence-corrected chi connectivity index (χ0v) is 15.4. The summed E-state index contributed by atoms with van der Waals surface area (Å²) in [5, 5.41) is 10.2. The fourth-order valence-electron chi connectivity index (χ4n) is 3.11. The molecule has 8 nitrogen and oxygen atoms in total. The summed E-state index contributed by atoms with van der Waals surface area (Å²) >= 11 is 0. The number of carbonyl (C=O) groups is 2. The predicted octanol–water partition coefficient (Wildman–Crippen LogP) is 1.96. The third-order valence-corrected chi connectivity index (χ3v) is 4.59. The van der Waals surface area contributed by atoms with Crippen molar-refractivity contribution in [1.82, 2.24) is 25.3 Å². The number of likely N-dealkylation sites (tertiary alicyclic amines) is 1. The first-order chi connectivity index (χ1) is 13.1. The number of carbonyl (C=O) groups excluding carboxylic acids is 2. The molecule has 1 aliphatic rings. The van der Waals surface area contributed by atoms with Crippen molar-refractivity contribution in [2.24, 2.45) is 0 Å². The molecule has 2 heterocycles. The molecule has 3 rings (SSSR count). The summed E-state index contributed by atoms with van der Waals surface area (Å²) in [6, 6.07) is 9.95. The number of ether oxygens (including phenoxy) is 1. The predicted molar refractivity (Wildman–Crippen MR) is 100 cm³/mol. The van der Waals surface area contributed by atoms with Crippen LogP contribution in [0.3, 0.4) is 0 Å². The largest absolute Gasteiger partial charge is 0.453 e. The minimum Gasteiger partial charge on any atom is -0.453 e. The van der Waals surface area contributed by atoms with Crippen LogP contribution in [-0.4, -0.2) is 53.0 Å². The Morgan fingerprint density at radius 2 is 1.93 bits per heavy atom. The van der Waals surface area contributed by atoms with Gasteiger partial charge in [0.1, 0.15) is 0 Å². The number of nitrogens with zero attached hydrogens (tertiary/aromatic N) is 3. The van der Waals surface area contributed by atoms with E-state index in [1.807, 2.05) is 29.1 Å². The number of hydrogen-bond donors (Lipinski definition) is 2. The third kappa shape index (κ3) is 5.47. The second-order valence-corrected chi connectivity index (χ2v) is 6.59. The highest BCUT2D eigenvalue weighted by molar-refractivity contribution is 5.74. The van der Waals surface area contributed by atoms with Crippen LogP contribution in [-0.2, 0) is 17.8 Å². The van der Waals surface area contributed by atoms with Gasteiger partial charge in [-0.3, -0.25) is 4.68 Å². The molecule has 0 aliphatic carbocycles. The van der Waals surface area contributed by atoms with Gasteiger partial charge in [0, 0.05) is 37.4 Å². The fourth-order valence-corrected chi connectivity index (χ4v) is 3.11. The minimum atomic E-state index is -0.314. The van der Waals surface area contributed by atoms with Crippen LogP contribution in [0.25, 0.3) is 0 Å². The molecule has 3 amide bonds. The lowest BCUT2D eigenvalue weighted by atomic mass is 10.1. The Kier molecular flexibility index (Phi) is 6.30. The molecular weight excluding hydrogens is 346 g/mol. The highest BCUT2D eigenvalue weighted by Gasteiger charge is 2.24. The van der Waals surface area contributed by atoms with Crippen molar-refractivity contribution in [3.05, 3.63) is 53.9 Å². The maximum atomic E-state index is 12.1. The van der Waals surface area contributed by atoms with Crippen LogP contribution >= 0.6 is 0 Å². The van der Waals surface area contributed by atoms with E-state index in [1.165, 1.54) is 12.7 Å².